The van der Waals surface area contributed by atoms with E-state index in [1.54, 1.807) is 0 Å². The Hall–Kier alpha value is -2.82. The molecule has 0 unspecified atom stereocenters. The number of para-hydroxylation sites is 1. The molecule has 2 aromatic carbocycles. The van der Waals surface area contributed by atoms with Crippen LogP contribution in [0.4, 0.5) is 10.5 Å². The molecule has 0 spiro atoms. The fourth-order valence-corrected chi connectivity index (χ4v) is 3.40. The number of nitrogens with one attached hydrogen (secondary N) is 2. The molecule has 0 aliphatic carbocycles. The molecule has 0 bridgehead atoms. The number of carbonyl (C=O) groups excluding carboxylic acids is 2. The molecule has 3 rings (SSSR count). The molecular formula is C23H29N3O2. The lowest BCUT2D eigenvalue weighted by atomic mass is 9.86. The number of carbonyl (C=O) groups is 2. The Morgan fingerprint density at radius 2 is 1.54 bits per heavy atom. The van der Waals surface area contributed by atoms with E-state index in [4.69, 9.17) is 0 Å². The second-order valence-corrected chi connectivity index (χ2v) is 8.36. The molecule has 1 heterocycles. The van der Waals surface area contributed by atoms with Crippen LogP contribution < -0.4 is 10.6 Å². The molecule has 1 saturated heterocycles. The van der Waals surface area contributed by atoms with E-state index in [-0.39, 0.29) is 23.4 Å². The topological polar surface area (TPSA) is 61.4 Å². The molecule has 5 nitrogen and oxygen atoms in total. The monoisotopic (exact) mass is 379 g/mol. The molecule has 0 atom stereocenters. The number of rotatable bonds is 3. The van der Waals surface area contributed by atoms with E-state index < -0.39 is 0 Å². The summed E-state index contributed by atoms with van der Waals surface area (Å²) in [5, 5.41) is 5.84. The number of hydrogen-bond donors (Lipinski definition) is 2. The fourth-order valence-electron chi connectivity index (χ4n) is 3.40. The normalized spacial score (nSPS) is 15.2. The third-order valence-electron chi connectivity index (χ3n) is 5.15. The first kappa shape index (κ1) is 19.9. The molecule has 28 heavy (non-hydrogen) atoms. The van der Waals surface area contributed by atoms with E-state index >= 15 is 0 Å². The Kier molecular flexibility index (Phi) is 6.02. The van der Waals surface area contributed by atoms with Gasteiger partial charge in [0.15, 0.2) is 0 Å². The van der Waals surface area contributed by atoms with Gasteiger partial charge in [-0.05, 0) is 48.1 Å². The summed E-state index contributed by atoms with van der Waals surface area (Å²) in [6.07, 6.45) is 1.52. The molecule has 1 aliphatic rings. The molecule has 3 amide bonds. The number of nitrogens with zero attached hydrogens (tertiary/aromatic N) is 1. The van der Waals surface area contributed by atoms with Crippen molar-refractivity contribution in [2.75, 3.05) is 18.4 Å². The van der Waals surface area contributed by atoms with E-state index in [1.165, 1.54) is 5.56 Å². The van der Waals surface area contributed by atoms with Crippen LogP contribution in [-0.2, 0) is 5.41 Å². The number of piperidine rings is 1. The lowest BCUT2D eigenvalue weighted by Crippen LogP contribution is -2.47. The highest BCUT2D eigenvalue weighted by molar-refractivity contribution is 5.94. The summed E-state index contributed by atoms with van der Waals surface area (Å²) < 4.78 is 0. The van der Waals surface area contributed by atoms with Crippen molar-refractivity contribution < 1.29 is 9.59 Å². The Balaban J connectivity index is 1.49. The Morgan fingerprint density at radius 1 is 0.929 bits per heavy atom. The van der Waals surface area contributed by atoms with E-state index in [9.17, 15) is 9.59 Å². The second kappa shape index (κ2) is 8.46. The van der Waals surface area contributed by atoms with Gasteiger partial charge in [-0.1, -0.05) is 51.1 Å². The summed E-state index contributed by atoms with van der Waals surface area (Å²) in [5.41, 5.74) is 2.79. The maximum atomic E-state index is 12.8. The standard InChI is InChI=1S/C23H29N3O2/c1-23(2,3)18-11-9-17(10-12-18)21(27)26-15-13-20(14-16-26)25-22(28)24-19-7-5-4-6-8-19/h4-12,20H,13-16H2,1-3H3,(H2,24,25,28). The van der Waals surface area contributed by atoms with Gasteiger partial charge in [-0.2, -0.15) is 0 Å². The van der Waals surface area contributed by atoms with Crippen molar-refractivity contribution in [2.45, 2.75) is 45.1 Å². The molecule has 5 heteroatoms. The Morgan fingerprint density at radius 3 is 2.11 bits per heavy atom. The lowest BCUT2D eigenvalue weighted by Gasteiger charge is -2.32. The zero-order valence-corrected chi connectivity index (χ0v) is 16.9. The van der Waals surface area contributed by atoms with Crippen molar-refractivity contribution in [3.8, 4) is 0 Å². The van der Waals surface area contributed by atoms with Crippen molar-refractivity contribution >= 4 is 17.6 Å². The predicted octanol–water partition coefficient (Wildman–Crippen LogP) is 4.41. The number of amides is 3. The van der Waals surface area contributed by atoms with Crippen LogP contribution in [0.1, 0.15) is 49.5 Å². The van der Waals surface area contributed by atoms with Gasteiger partial charge < -0.3 is 15.5 Å². The maximum Gasteiger partial charge on any atom is 0.319 e. The van der Waals surface area contributed by atoms with E-state index in [0.29, 0.717) is 13.1 Å². The molecule has 0 saturated carbocycles. The quantitative estimate of drug-likeness (QED) is 0.830. The zero-order chi connectivity index (χ0) is 20.1. The minimum atomic E-state index is -0.200. The summed E-state index contributed by atoms with van der Waals surface area (Å²) in [6, 6.07) is 17.2. The SMILES string of the molecule is CC(C)(C)c1ccc(C(=O)N2CCC(NC(=O)Nc3ccccc3)CC2)cc1. The zero-order valence-electron chi connectivity index (χ0n) is 16.9. The number of benzene rings is 2. The highest BCUT2D eigenvalue weighted by atomic mass is 16.2. The van der Waals surface area contributed by atoms with Crippen molar-refractivity contribution in [1.82, 2.24) is 10.2 Å². The van der Waals surface area contributed by atoms with Gasteiger partial charge in [0.05, 0.1) is 0 Å². The number of urea groups is 1. The first-order valence-electron chi connectivity index (χ1n) is 9.85. The molecule has 2 aromatic rings. The molecular weight excluding hydrogens is 350 g/mol. The first-order chi connectivity index (χ1) is 13.3. The smallest absolute Gasteiger partial charge is 0.319 e. The van der Waals surface area contributed by atoms with Crippen molar-refractivity contribution in [2.24, 2.45) is 0 Å². The van der Waals surface area contributed by atoms with Crippen LogP contribution in [0.5, 0.6) is 0 Å². The van der Waals surface area contributed by atoms with Gasteiger partial charge in [0.1, 0.15) is 0 Å². The van der Waals surface area contributed by atoms with E-state index in [1.807, 2.05) is 59.5 Å². The molecule has 1 aliphatic heterocycles. The summed E-state index contributed by atoms with van der Waals surface area (Å²) in [5.74, 6) is 0.0626. The number of likely N-dealkylation sites (tertiary alicyclic amines) is 1. The number of hydrogen-bond acceptors (Lipinski definition) is 2. The van der Waals surface area contributed by atoms with Crippen molar-refractivity contribution in [3.05, 3.63) is 65.7 Å². The van der Waals surface area contributed by atoms with Gasteiger partial charge in [0.25, 0.3) is 5.91 Å². The van der Waals surface area contributed by atoms with E-state index in [2.05, 4.69) is 31.4 Å². The fraction of sp³-hybridized carbons (Fsp3) is 0.391. The third-order valence-corrected chi connectivity index (χ3v) is 5.15. The summed E-state index contributed by atoms with van der Waals surface area (Å²) in [4.78, 5) is 26.8. The van der Waals surface area contributed by atoms with Gasteiger partial charge in [0, 0.05) is 30.4 Å². The van der Waals surface area contributed by atoms with Gasteiger partial charge in [-0.15, -0.1) is 0 Å². The van der Waals surface area contributed by atoms with Crippen LogP contribution in [0.2, 0.25) is 0 Å². The molecule has 1 fully saturated rings. The Bertz CT molecular complexity index is 802. The molecule has 2 N–H and O–H groups in total. The van der Waals surface area contributed by atoms with Gasteiger partial charge in [0.2, 0.25) is 0 Å². The highest BCUT2D eigenvalue weighted by Crippen LogP contribution is 2.23. The average molecular weight is 380 g/mol. The Labute approximate surface area is 167 Å². The predicted molar refractivity (Wildman–Crippen MR) is 113 cm³/mol. The largest absolute Gasteiger partial charge is 0.338 e. The van der Waals surface area contributed by atoms with Crippen LogP contribution >= 0.6 is 0 Å². The van der Waals surface area contributed by atoms with Crippen LogP contribution in [0.15, 0.2) is 54.6 Å². The average Bonchev–Trinajstić information content (AvgIpc) is 2.68. The summed E-state index contributed by atoms with van der Waals surface area (Å²) in [6.45, 7) is 7.78. The summed E-state index contributed by atoms with van der Waals surface area (Å²) in [7, 11) is 0. The minimum absolute atomic E-state index is 0.0626. The maximum absolute atomic E-state index is 12.8. The first-order valence-corrected chi connectivity index (χ1v) is 9.85. The van der Waals surface area contributed by atoms with Crippen molar-refractivity contribution in [3.63, 3.8) is 0 Å². The lowest BCUT2D eigenvalue weighted by molar-refractivity contribution is 0.0709. The minimum Gasteiger partial charge on any atom is -0.338 e. The van der Waals surface area contributed by atoms with Crippen LogP contribution in [0.25, 0.3) is 0 Å². The highest BCUT2D eigenvalue weighted by Gasteiger charge is 2.25. The van der Waals surface area contributed by atoms with E-state index in [0.717, 1.165) is 24.1 Å². The second-order valence-electron chi connectivity index (χ2n) is 8.36. The van der Waals surface area contributed by atoms with Crippen LogP contribution in [0.3, 0.4) is 0 Å². The van der Waals surface area contributed by atoms with Gasteiger partial charge in [-0.25, -0.2) is 4.79 Å². The third kappa shape index (κ3) is 5.12. The van der Waals surface area contributed by atoms with Gasteiger partial charge in [-0.3, -0.25) is 4.79 Å². The van der Waals surface area contributed by atoms with Crippen LogP contribution in [0, 0.1) is 0 Å². The molecule has 0 aromatic heterocycles. The number of anilines is 1. The molecule has 148 valence electrons. The summed E-state index contributed by atoms with van der Waals surface area (Å²) >= 11 is 0. The van der Waals surface area contributed by atoms with Gasteiger partial charge >= 0.3 is 6.03 Å². The van der Waals surface area contributed by atoms with Crippen LogP contribution in [-0.4, -0.2) is 36.0 Å². The molecule has 0 radical (unpaired) electrons. The van der Waals surface area contributed by atoms with Crippen molar-refractivity contribution in [1.29, 1.82) is 0 Å².